The Balaban J connectivity index is 0.994. The number of carbonyl (C=O) groups is 4. The Kier molecular flexibility index (Phi) is 27.1. The van der Waals surface area contributed by atoms with Crippen molar-refractivity contribution in [1.82, 2.24) is 42.3 Å². The van der Waals surface area contributed by atoms with Gasteiger partial charge in [-0.3, -0.25) is 19.4 Å². The molecule has 2 aromatic carbocycles. The Bertz CT molecular complexity index is 2230. The predicted octanol–water partition coefficient (Wildman–Crippen LogP) is 6.69. The lowest BCUT2D eigenvalue weighted by Gasteiger charge is -2.30. The van der Waals surface area contributed by atoms with Crippen molar-refractivity contribution in [3.8, 4) is 28.3 Å². The second-order valence-electron chi connectivity index (χ2n) is 19.8. The summed E-state index contributed by atoms with van der Waals surface area (Å²) in [5.74, 6) is -2.73. The largest absolute Gasteiger partial charge is 0.478 e. The molecule has 26 heteroatoms. The Morgan fingerprint density at radius 3 is 1.81 bits per heavy atom. The Morgan fingerprint density at radius 2 is 1.21 bits per heavy atom. The summed E-state index contributed by atoms with van der Waals surface area (Å²) in [6.07, 6.45) is 4.40. The Hall–Kier alpha value is -5.36. The zero-order valence-corrected chi connectivity index (χ0v) is 46.4. The minimum atomic E-state index is -4.33. The highest BCUT2D eigenvalue weighted by molar-refractivity contribution is 8.19. The van der Waals surface area contributed by atoms with Crippen LogP contribution in [0.5, 0.6) is 5.88 Å². The number of benzene rings is 2. The zero-order chi connectivity index (χ0) is 56.3. The molecule has 4 rings (SSSR count). The van der Waals surface area contributed by atoms with Gasteiger partial charge in [0.1, 0.15) is 23.5 Å². The fourth-order valence-corrected chi connectivity index (χ4v) is 9.02. The summed E-state index contributed by atoms with van der Waals surface area (Å²) < 4.78 is 85.3. The molecule has 1 aliphatic heterocycles. The molecule has 12 N–H and O–H groups in total. The van der Waals surface area contributed by atoms with Gasteiger partial charge < -0.3 is 72.3 Å². The molecule has 432 valence electrons. The summed E-state index contributed by atoms with van der Waals surface area (Å²) in [4.78, 5) is 55.4. The molecule has 0 radical (unpaired) electrons. The summed E-state index contributed by atoms with van der Waals surface area (Å²) in [6.45, 7) is 12.6. The second-order valence-corrected chi connectivity index (χ2v) is 23.0. The predicted molar refractivity (Wildman–Crippen MR) is 296 cm³/mol. The molecular formula is C51H81N9O15S2. The number of carbonyl (C=O) groups excluding carboxylic acids is 4. The van der Waals surface area contributed by atoms with Crippen LogP contribution in [-0.4, -0.2) is 162 Å². The van der Waals surface area contributed by atoms with E-state index in [1.54, 1.807) is 0 Å². The zero-order valence-electron chi connectivity index (χ0n) is 44.7. The first-order valence-electron chi connectivity index (χ1n) is 25.6. The van der Waals surface area contributed by atoms with Crippen LogP contribution >= 0.6 is 21.7 Å². The molecule has 0 saturated carbocycles. The van der Waals surface area contributed by atoms with Gasteiger partial charge in [0, 0.05) is 56.3 Å². The van der Waals surface area contributed by atoms with E-state index < -0.39 is 68.8 Å². The lowest BCUT2D eigenvalue weighted by Crippen LogP contribution is -2.57. The van der Waals surface area contributed by atoms with E-state index in [2.05, 4.69) is 81.6 Å². The normalized spacial score (nSPS) is 14.2. The van der Waals surface area contributed by atoms with Crippen molar-refractivity contribution >= 4 is 51.4 Å². The third kappa shape index (κ3) is 26.7. The van der Waals surface area contributed by atoms with Gasteiger partial charge in [0.05, 0.1) is 72.0 Å². The molecule has 0 fully saturated rings. The molecule has 0 bridgehead atoms. The van der Waals surface area contributed by atoms with Crippen LogP contribution in [0.3, 0.4) is 0 Å². The summed E-state index contributed by atoms with van der Waals surface area (Å²) >= 11 is 0. The van der Waals surface area contributed by atoms with Crippen LogP contribution in [0.1, 0.15) is 86.0 Å². The molecule has 4 amide bonds. The second kappa shape index (κ2) is 32.5. The van der Waals surface area contributed by atoms with Gasteiger partial charge in [-0.15, -0.1) is 10.6 Å². The van der Waals surface area contributed by atoms with Gasteiger partial charge in [0.25, 0.3) is 0 Å². The number of nitrogens with zero attached hydrogens (tertiary/aromatic N) is 3. The summed E-state index contributed by atoms with van der Waals surface area (Å²) in [5, 5.41) is 16.2. The minimum Gasteiger partial charge on any atom is -0.478 e. The maximum Gasteiger partial charge on any atom is 0.408 e. The number of amides is 4. The van der Waals surface area contributed by atoms with Crippen LogP contribution in [0.2, 0.25) is 0 Å². The van der Waals surface area contributed by atoms with Crippen molar-refractivity contribution in [2.45, 2.75) is 104 Å². The number of hydrogen-bond acceptors (Lipinski definition) is 20. The summed E-state index contributed by atoms with van der Waals surface area (Å²) in [7, 11) is -8.64. The van der Waals surface area contributed by atoms with Crippen LogP contribution in [0, 0.1) is 5.41 Å². The van der Waals surface area contributed by atoms with Gasteiger partial charge in [0.2, 0.25) is 23.6 Å². The number of ether oxygens (including phenoxy) is 5. The van der Waals surface area contributed by atoms with Crippen LogP contribution in [0.25, 0.3) is 22.4 Å². The van der Waals surface area contributed by atoms with Crippen molar-refractivity contribution in [2.75, 3.05) is 77.4 Å². The van der Waals surface area contributed by atoms with Crippen molar-refractivity contribution in [1.29, 1.82) is 0 Å². The summed E-state index contributed by atoms with van der Waals surface area (Å²) in [5.41, 5.74) is 8.89. The highest BCUT2D eigenvalue weighted by atomic mass is 32.3. The quantitative estimate of drug-likeness (QED) is 0.0270. The molecule has 3 aromatic rings. The van der Waals surface area contributed by atoms with Gasteiger partial charge >= 0.3 is 6.09 Å². The topological polar surface area (TPSA) is 336 Å². The van der Waals surface area contributed by atoms with Crippen LogP contribution in [0.4, 0.5) is 4.79 Å². The number of amidine groups is 1. The van der Waals surface area contributed by atoms with E-state index in [-0.39, 0.29) is 37.7 Å². The number of hydrazone groups is 1. The number of aromatic nitrogens is 1. The van der Waals surface area contributed by atoms with E-state index in [0.29, 0.717) is 71.1 Å². The van der Waals surface area contributed by atoms with Crippen LogP contribution in [-0.2, 0) is 33.3 Å². The van der Waals surface area contributed by atoms with Gasteiger partial charge in [0.15, 0.2) is 0 Å². The summed E-state index contributed by atoms with van der Waals surface area (Å²) in [6, 6.07) is 20.9. The highest BCUT2D eigenvalue weighted by Gasteiger charge is 2.35. The van der Waals surface area contributed by atoms with Crippen molar-refractivity contribution < 1.29 is 70.2 Å². The standard InChI is InChI=1S/C51H81N9O15S2/c1-50(2,3)75-49(64)56-43(37-77(68,69)70)47(63)55-42(36-76(65,66)67)46(62)53-25-17-28-72-31-33-73-32-30-71-27-16-24-52-44(61)22-12-14-26-60-48(57-58-59-60)51(4,5)23-13-15-29-74-45-35-40(38-18-8-6-9-19-38)34-41(54-45)39-20-10-7-11-21-39/h6-11,18-21,34-35,42-43,58-59,65-70H,12-17,22-33,36-37H2,1-5H3,(H,52,61)(H,53,62)(H,55,63)(H,56,64)/t42-,43-/m0/s1. The number of alkyl carbamates (subject to hydrolysis) is 1. The first kappa shape index (κ1) is 64.2. The lowest BCUT2D eigenvalue weighted by molar-refractivity contribution is -0.129. The first-order valence-corrected chi connectivity index (χ1v) is 29.0. The number of hydrogen-bond donors (Lipinski definition) is 12. The van der Waals surface area contributed by atoms with E-state index in [1.165, 1.54) is 20.8 Å². The minimum absolute atomic E-state index is 0.0165. The molecule has 0 aliphatic carbocycles. The van der Waals surface area contributed by atoms with Crippen LogP contribution in [0.15, 0.2) is 77.9 Å². The van der Waals surface area contributed by atoms with E-state index in [1.807, 2.05) is 47.5 Å². The maximum absolute atomic E-state index is 12.9. The van der Waals surface area contributed by atoms with Gasteiger partial charge in [-0.25, -0.2) is 15.3 Å². The van der Waals surface area contributed by atoms with E-state index in [0.717, 1.165) is 53.9 Å². The third-order valence-electron chi connectivity index (χ3n) is 11.4. The van der Waals surface area contributed by atoms with E-state index >= 15 is 0 Å². The molecule has 0 unspecified atom stereocenters. The fraction of sp³-hybridized carbons (Fsp3) is 0.569. The molecule has 2 atom stereocenters. The first-order chi connectivity index (χ1) is 36.5. The van der Waals surface area contributed by atoms with Gasteiger partial charge in [-0.05, 0) is 82.9 Å². The average Bonchev–Trinajstić information content (AvgIpc) is 3.85. The lowest BCUT2D eigenvalue weighted by atomic mass is 9.85. The van der Waals surface area contributed by atoms with E-state index in [9.17, 15) is 46.5 Å². The van der Waals surface area contributed by atoms with Gasteiger partial charge in [-0.2, -0.15) is 0 Å². The van der Waals surface area contributed by atoms with Crippen LogP contribution < -0.4 is 37.1 Å². The fourth-order valence-electron chi connectivity index (χ4n) is 7.65. The molecule has 77 heavy (non-hydrogen) atoms. The molecule has 1 aromatic heterocycles. The number of nitrogens with one attached hydrogen (secondary N) is 6. The number of hydrazine groups is 2. The molecule has 2 heterocycles. The molecule has 0 spiro atoms. The Labute approximate surface area is 454 Å². The Morgan fingerprint density at radius 1 is 0.636 bits per heavy atom. The van der Waals surface area contributed by atoms with Gasteiger partial charge in [-0.1, -0.05) is 74.5 Å². The maximum atomic E-state index is 12.9. The average molecular weight is 1120 g/mol. The monoisotopic (exact) mass is 1120 g/mol. The number of rotatable bonds is 36. The molecule has 1 aliphatic rings. The molecule has 0 saturated heterocycles. The molecule has 24 nitrogen and oxygen atoms in total. The number of pyridine rings is 1. The SMILES string of the molecule is CC(C)(C)OC(=O)N[C@@H](CS(O)(O)O)C(=O)N[C@@H](CS(O)(O)O)C(=O)NCCCOCCOCCOCCCNC(=O)CCCCN1NNN=C1C(C)(C)CCCCOc1cc(-c2ccccc2)cc(-c2ccccc2)n1. The van der Waals surface area contributed by atoms with Crippen molar-refractivity contribution in [3.05, 3.63) is 72.8 Å². The van der Waals surface area contributed by atoms with Crippen molar-refractivity contribution in [3.63, 3.8) is 0 Å². The van der Waals surface area contributed by atoms with Crippen molar-refractivity contribution in [2.24, 2.45) is 10.5 Å². The van der Waals surface area contributed by atoms with E-state index in [4.69, 9.17) is 28.7 Å². The smallest absolute Gasteiger partial charge is 0.408 e. The number of unbranched alkanes of at least 4 members (excludes halogenated alkanes) is 2. The molecular weight excluding hydrogens is 1040 g/mol. The third-order valence-corrected chi connectivity index (χ3v) is 12.9. The highest BCUT2D eigenvalue weighted by Crippen LogP contribution is 2.35.